The Kier molecular flexibility index (Phi) is 4.06. The Hall–Kier alpha value is -1.02. The highest BCUT2D eigenvalue weighted by molar-refractivity contribution is 6.31. The monoisotopic (exact) mass is 265 g/mol. The number of nitrogens with one attached hydrogen (secondary N) is 1. The fourth-order valence-electron chi connectivity index (χ4n) is 1.84. The molecule has 0 bridgehead atoms. The lowest BCUT2D eigenvalue weighted by Crippen LogP contribution is -2.06. The average molecular weight is 266 g/mol. The van der Waals surface area contributed by atoms with Crippen LogP contribution in [0.5, 0.6) is 0 Å². The fourth-order valence-corrected chi connectivity index (χ4v) is 2.22. The highest BCUT2D eigenvalue weighted by Gasteiger charge is 2.05. The van der Waals surface area contributed by atoms with Crippen LogP contribution in [0.15, 0.2) is 42.5 Å². The van der Waals surface area contributed by atoms with Crippen LogP contribution in [0.2, 0.25) is 10.0 Å². The van der Waals surface area contributed by atoms with Gasteiger partial charge in [0.1, 0.15) is 0 Å². The second kappa shape index (κ2) is 5.54. The van der Waals surface area contributed by atoms with Crippen molar-refractivity contribution >= 4 is 23.2 Å². The summed E-state index contributed by atoms with van der Waals surface area (Å²) in [6, 6.07) is 13.7. The van der Waals surface area contributed by atoms with Crippen molar-refractivity contribution in [3.63, 3.8) is 0 Å². The lowest BCUT2D eigenvalue weighted by molar-refractivity contribution is 0.819. The van der Waals surface area contributed by atoms with Gasteiger partial charge in [-0.25, -0.2) is 0 Å². The summed E-state index contributed by atoms with van der Waals surface area (Å²) in [6.45, 7) is 0.780. The van der Waals surface area contributed by atoms with E-state index in [1.165, 1.54) is 5.56 Å². The molecule has 0 atom stereocenters. The minimum Gasteiger partial charge on any atom is -0.316 e. The Morgan fingerprint density at radius 3 is 2.47 bits per heavy atom. The number of hydrogen-bond acceptors (Lipinski definition) is 1. The van der Waals surface area contributed by atoms with E-state index in [-0.39, 0.29) is 0 Å². The normalized spacial score (nSPS) is 10.5. The molecule has 88 valence electrons. The summed E-state index contributed by atoms with van der Waals surface area (Å²) in [4.78, 5) is 0. The van der Waals surface area contributed by atoms with Gasteiger partial charge in [-0.05, 0) is 48.0 Å². The SMILES string of the molecule is CNCc1cc(Cl)ccc1-c1cccc(Cl)c1. The van der Waals surface area contributed by atoms with Crippen molar-refractivity contribution in [2.75, 3.05) is 7.05 Å². The quantitative estimate of drug-likeness (QED) is 0.869. The average Bonchev–Trinajstić information content (AvgIpc) is 2.29. The van der Waals surface area contributed by atoms with E-state index >= 15 is 0 Å². The maximum Gasteiger partial charge on any atom is 0.0412 e. The first-order valence-electron chi connectivity index (χ1n) is 5.39. The largest absolute Gasteiger partial charge is 0.316 e. The molecule has 2 aromatic rings. The van der Waals surface area contributed by atoms with Gasteiger partial charge in [-0.2, -0.15) is 0 Å². The van der Waals surface area contributed by atoms with E-state index in [9.17, 15) is 0 Å². The Bertz CT molecular complexity index is 523. The van der Waals surface area contributed by atoms with E-state index in [4.69, 9.17) is 23.2 Å². The second-order valence-electron chi connectivity index (χ2n) is 3.84. The smallest absolute Gasteiger partial charge is 0.0412 e. The predicted molar refractivity (Wildman–Crippen MR) is 74.7 cm³/mol. The predicted octanol–water partition coefficient (Wildman–Crippen LogP) is 4.38. The molecule has 0 aliphatic carbocycles. The van der Waals surface area contributed by atoms with Crippen molar-refractivity contribution < 1.29 is 0 Å². The van der Waals surface area contributed by atoms with Gasteiger partial charge in [-0.1, -0.05) is 41.4 Å². The zero-order valence-corrected chi connectivity index (χ0v) is 11.0. The molecule has 1 nitrogen and oxygen atoms in total. The molecule has 2 rings (SSSR count). The molecule has 0 aliphatic heterocycles. The number of halogens is 2. The first-order chi connectivity index (χ1) is 8.20. The van der Waals surface area contributed by atoms with E-state index in [0.29, 0.717) is 0 Å². The van der Waals surface area contributed by atoms with Gasteiger partial charge in [0.25, 0.3) is 0 Å². The Balaban J connectivity index is 2.50. The van der Waals surface area contributed by atoms with Crippen molar-refractivity contribution in [2.24, 2.45) is 0 Å². The van der Waals surface area contributed by atoms with E-state index < -0.39 is 0 Å². The second-order valence-corrected chi connectivity index (χ2v) is 4.72. The molecule has 17 heavy (non-hydrogen) atoms. The van der Waals surface area contributed by atoms with Crippen LogP contribution in [-0.2, 0) is 6.54 Å². The zero-order valence-electron chi connectivity index (χ0n) is 9.50. The summed E-state index contributed by atoms with van der Waals surface area (Å²) in [5.74, 6) is 0. The van der Waals surface area contributed by atoms with E-state index in [1.54, 1.807) is 0 Å². The van der Waals surface area contributed by atoms with Crippen LogP contribution in [0.4, 0.5) is 0 Å². The molecule has 0 aromatic heterocycles. The van der Waals surface area contributed by atoms with Gasteiger partial charge in [0.05, 0.1) is 0 Å². The van der Waals surface area contributed by atoms with Gasteiger partial charge in [-0.3, -0.25) is 0 Å². The van der Waals surface area contributed by atoms with Crippen molar-refractivity contribution in [3.8, 4) is 11.1 Å². The Morgan fingerprint density at radius 2 is 1.76 bits per heavy atom. The van der Waals surface area contributed by atoms with E-state index in [1.807, 2.05) is 49.5 Å². The van der Waals surface area contributed by atoms with Gasteiger partial charge in [0.2, 0.25) is 0 Å². The molecule has 3 heteroatoms. The summed E-state index contributed by atoms with van der Waals surface area (Å²) in [7, 11) is 1.92. The Labute approximate surface area is 111 Å². The molecule has 0 heterocycles. The van der Waals surface area contributed by atoms with Gasteiger partial charge < -0.3 is 5.32 Å². The van der Waals surface area contributed by atoms with Crippen LogP contribution < -0.4 is 5.32 Å². The van der Waals surface area contributed by atoms with Crippen molar-refractivity contribution in [3.05, 3.63) is 58.1 Å². The first-order valence-corrected chi connectivity index (χ1v) is 6.15. The molecule has 0 saturated heterocycles. The van der Waals surface area contributed by atoms with Crippen molar-refractivity contribution in [1.82, 2.24) is 5.32 Å². The molecule has 0 saturated carbocycles. The highest BCUT2D eigenvalue weighted by Crippen LogP contribution is 2.28. The molecule has 0 spiro atoms. The first kappa shape index (κ1) is 12.4. The van der Waals surface area contributed by atoms with E-state index in [2.05, 4.69) is 5.32 Å². The van der Waals surface area contributed by atoms with Gasteiger partial charge >= 0.3 is 0 Å². The number of hydrogen-bond donors (Lipinski definition) is 1. The molecular weight excluding hydrogens is 253 g/mol. The van der Waals surface area contributed by atoms with Gasteiger partial charge in [0.15, 0.2) is 0 Å². The van der Waals surface area contributed by atoms with Crippen LogP contribution in [0.3, 0.4) is 0 Å². The molecule has 0 amide bonds. The summed E-state index contributed by atoms with van der Waals surface area (Å²) >= 11 is 12.0. The third-order valence-corrected chi connectivity index (χ3v) is 3.04. The maximum absolute atomic E-state index is 6.02. The fraction of sp³-hybridized carbons (Fsp3) is 0.143. The number of benzene rings is 2. The molecule has 1 N–H and O–H groups in total. The van der Waals surface area contributed by atoms with Crippen molar-refractivity contribution in [1.29, 1.82) is 0 Å². The van der Waals surface area contributed by atoms with Crippen LogP contribution in [-0.4, -0.2) is 7.05 Å². The molecule has 2 aromatic carbocycles. The summed E-state index contributed by atoms with van der Waals surface area (Å²) in [6.07, 6.45) is 0. The van der Waals surface area contributed by atoms with Gasteiger partial charge in [0, 0.05) is 16.6 Å². The van der Waals surface area contributed by atoms with Crippen LogP contribution in [0.1, 0.15) is 5.56 Å². The lowest BCUT2D eigenvalue weighted by atomic mass is 10.00. The minimum absolute atomic E-state index is 0.743. The maximum atomic E-state index is 6.02. The lowest BCUT2D eigenvalue weighted by Gasteiger charge is -2.10. The van der Waals surface area contributed by atoms with Crippen molar-refractivity contribution in [2.45, 2.75) is 6.54 Å². The molecule has 0 unspecified atom stereocenters. The number of rotatable bonds is 3. The third-order valence-electron chi connectivity index (χ3n) is 2.57. The summed E-state index contributed by atoms with van der Waals surface area (Å²) in [5.41, 5.74) is 3.44. The van der Waals surface area contributed by atoms with Gasteiger partial charge in [-0.15, -0.1) is 0 Å². The summed E-state index contributed by atoms with van der Waals surface area (Å²) < 4.78 is 0. The van der Waals surface area contributed by atoms with Crippen LogP contribution in [0.25, 0.3) is 11.1 Å². The topological polar surface area (TPSA) is 12.0 Å². The van der Waals surface area contributed by atoms with Crippen LogP contribution >= 0.6 is 23.2 Å². The highest BCUT2D eigenvalue weighted by atomic mass is 35.5. The Morgan fingerprint density at radius 1 is 1.00 bits per heavy atom. The molecule has 0 aliphatic rings. The minimum atomic E-state index is 0.743. The zero-order chi connectivity index (χ0) is 12.3. The molecule has 0 radical (unpaired) electrons. The van der Waals surface area contributed by atoms with Crippen LogP contribution in [0, 0.1) is 0 Å². The molecule has 0 fully saturated rings. The molecular formula is C14H13Cl2N. The standard InChI is InChI=1S/C14H13Cl2N/c1-17-9-11-8-13(16)5-6-14(11)10-3-2-4-12(15)7-10/h2-8,17H,9H2,1H3. The third kappa shape index (κ3) is 3.01. The summed E-state index contributed by atoms with van der Waals surface area (Å²) in [5, 5.41) is 4.64. The van der Waals surface area contributed by atoms with E-state index in [0.717, 1.165) is 27.7 Å².